The van der Waals surface area contributed by atoms with E-state index in [2.05, 4.69) is 36.2 Å². The Kier molecular flexibility index (Phi) is 3.04. The van der Waals surface area contributed by atoms with Gasteiger partial charge in [0.05, 0.1) is 5.52 Å². The Morgan fingerprint density at radius 1 is 1.22 bits per heavy atom. The molecule has 0 bridgehead atoms. The summed E-state index contributed by atoms with van der Waals surface area (Å²) in [5.41, 5.74) is 8.67. The number of nitrogens with zero attached hydrogens (tertiary/aromatic N) is 1. The maximum Gasteiger partial charge on any atom is 0.0702 e. The topological polar surface area (TPSA) is 38.9 Å². The SMILES string of the molecule is CC1CCC(N)C(c2cnc3ccccc3c2)C1. The molecule has 0 amide bonds. The van der Waals surface area contributed by atoms with Crippen molar-refractivity contribution in [2.75, 3.05) is 0 Å². The molecule has 0 spiro atoms. The fraction of sp³-hybridized carbons (Fsp3) is 0.438. The normalized spacial score (nSPS) is 28.4. The van der Waals surface area contributed by atoms with E-state index in [4.69, 9.17) is 5.73 Å². The highest BCUT2D eigenvalue weighted by Gasteiger charge is 2.27. The van der Waals surface area contributed by atoms with Gasteiger partial charge in [0.15, 0.2) is 0 Å². The fourth-order valence-electron chi connectivity index (χ4n) is 3.08. The lowest BCUT2D eigenvalue weighted by atomic mass is 9.76. The van der Waals surface area contributed by atoms with Crippen LogP contribution in [0.1, 0.15) is 37.7 Å². The van der Waals surface area contributed by atoms with Crippen molar-refractivity contribution in [1.82, 2.24) is 4.98 Å². The number of hydrogen-bond acceptors (Lipinski definition) is 2. The first-order valence-electron chi connectivity index (χ1n) is 6.84. The van der Waals surface area contributed by atoms with E-state index in [1.807, 2.05) is 12.3 Å². The zero-order valence-corrected chi connectivity index (χ0v) is 10.8. The molecule has 3 unspecified atom stereocenters. The molecule has 2 nitrogen and oxygen atoms in total. The fourth-order valence-corrected chi connectivity index (χ4v) is 3.08. The summed E-state index contributed by atoms with van der Waals surface area (Å²) in [6.07, 6.45) is 5.61. The maximum absolute atomic E-state index is 6.29. The molecule has 2 heteroatoms. The highest BCUT2D eigenvalue weighted by Crippen LogP contribution is 2.35. The zero-order chi connectivity index (χ0) is 12.5. The molecule has 3 rings (SSSR count). The molecule has 1 aliphatic rings. The van der Waals surface area contributed by atoms with Crippen molar-refractivity contribution >= 4 is 10.9 Å². The molecule has 1 heterocycles. The Balaban J connectivity index is 1.97. The zero-order valence-electron chi connectivity index (χ0n) is 10.8. The second kappa shape index (κ2) is 4.69. The maximum atomic E-state index is 6.29. The van der Waals surface area contributed by atoms with Crippen LogP contribution in [0.15, 0.2) is 36.5 Å². The van der Waals surface area contributed by atoms with Crippen LogP contribution < -0.4 is 5.73 Å². The first-order chi connectivity index (χ1) is 8.74. The Morgan fingerprint density at radius 2 is 2.06 bits per heavy atom. The third-order valence-electron chi connectivity index (χ3n) is 4.21. The van der Waals surface area contributed by atoms with Crippen LogP contribution in [0.4, 0.5) is 0 Å². The molecule has 1 aromatic heterocycles. The van der Waals surface area contributed by atoms with Crippen LogP contribution in [0.5, 0.6) is 0 Å². The number of nitrogens with two attached hydrogens (primary N) is 1. The second-order valence-electron chi connectivity index (χ2n) is 5.65. The summed E-state index contributed by atoms with van der Waals surface area (Å²) in [7, 11) is 0. The lowest BCUT2D eigenvalue weighted by Gasteiger charge is -2.32. The van der Waals surface area contributed by atoms with Gasteiger partial charge in [0, 0.05) is 23.5 Å². The molecule has 3 atom stereocenters. The molecule has 1 aromatic carbocycles. The van der Waals surface area contributed by atoms with Gasteiger partial charge in [-0.15, -0.1) is 0 Å². The van der Waals surface area contributed by atoms with Crippen LogP contribution in [0.3, 0.4) is 0 Å². The minimum absolute atomic E-state index is 0.296. The van der Waals surface area contributed by atoms with Crippen molar-refractivity contribution in [3.63, 3.8) is 0 Å². The van der Waals surface area contributed by atoms with Crippen molar-refractivity contribution in [1.29, 1.82) is 0 Å². The van der Waals surface area contributed by atoms with Gasteiger partial charge in [-0.05, 0) is 42.9 Å². The average Bonchev–Trinajstić information content (AvgIpc) is 2.41. The predicted molar refractivity (Wildman–Crippen MR) is 75.5 cm³/mol. The summed E-state index contributed by atoms with van der Waals surface area (Å²) in [5.74, 6) is 1.26. The molecule has 18 heavy (non-hydrogen) atoms. The number of fused-ring (bicyclic) bond motifs is 1. The van der Waals surface area contributed by atoms with Gasteiger partial charge in [0.1, 0.15) is 0 Å². The largest absolute Gasteiger partial charge is 0.327 e. The van der Waals surface area contributed by atoms with Crippen molar-refractivity contribution in [2.24, 2.45) is 11.7 Å². The molecule has 0 saturated heterocycles. The summed E-state index contributed by atoms with van der Waals surface area (Å²) in [6, 6.07) is 10.8. The van der Waals surface area contributed by atoms with Crippen LogP contribution in [-0.4, -0.2) is 11.0 Å². The molecule has 94 valence electrons. The molecule has 2 aromatic rings. The molecule has 1 saturated carbocycles. The van der Waals surface area contributed by atoms with E-state index >= 15 is 0 Å². The van der Waals surface area contributed by atoms with Crippen LogP contribution in [-0.2, 0) is 0 Å². The summed E-state index contributed by atoms with van der Waals surface area (Å²) >= 11 is 0. The standard InChI is InChI=1S/C16H20N2/c1-11-6-7-15(17)14(8-11)13-9-12-4-2-3-5-16(12)18-10-13/h2-5,9-11,14-15H,6-8,17H2,1H3. The minimum Gasteiger partial charge on any atom is -0.327 e. The summed E-state index contributed by atoms with van der Waals surface area (Å²) in [6.45, 7) is 2.33. The lowest BCUT2D eigenvalue weighted by molar-refractivity contribution is 0.306. The third kappa shape index (κ3) is 2.13. The highest BCUT2D eigenvalue weighted by molar-refractivity contribution is 5.78. The minimum atomic E-state index is 0.296. The Hall–Kier alpha value is -1.41. The van der Waals surface area contributed by atoms with Gasteiger partial charge < -0.3 is 5.73 Å². The van der Waals surface area contributed by atoms with Crippen molar-refractivity contribution in [3.8, 4) is 0 Å². The molecule has 1 fully saturated rings. The quantitative estimate of drug-likeness (QED) is 0.829. The predicted octanol–water partition coefficient (Wildman–Crippen LogP) is 3.47. The van der Waals surface area contributed by atoms with Crippen LogP contribution in [0, 0.1) is 5.92 Å². The van der Waals surface area contributed by atoms with Gasteiger partial charge in [-0.3, -0.25) is 4.98 Å². The highest BCUT2D eigenvalue weighted by atomic mass is 14.7. The number of hydrogen-bond donors (Lipinski definition) is 1. The number of aromatic nitrogens is 1. The van der Waals surface area contributed by atoms with E-state index in [0.717, 1.165) is 17.9 Å². The summed E-state index contributed by atoms with van der Waals surface area (Å²) < 4.78 is 0. The third-order valence-corrected chi connectivity index (χ3v) is 4.21. The van der Waals surface area contributed by atoms with E-state index in [9.17, 15) is 0 Å². The molecule has 0 radical (unpaired) electrons. The Bertz CT molecular complexity index is 550. The van der Waals surface area contributed by atoms with E-state index in [0.29, 0.717) is 12.0 Å². The summed E-state index contributed by atoms with van der Waals surface area (Å²) in [4.78, 5) is 4.56. The van der Waals surface area contributed by atoms with Crippen LogP contribution >= 0.6 is 0 Å². The molecule has 0 aliphatic heterocycles. The lowest BCUT2D eigenvalue weighted by Crippen LogP contribution is -2.34. The Labute approximate surface area is 108 Å². The van der Waals surface area contributed by atoms with E-state index in [-0.39, 0.29) is 0 Å². The average molecular weight is 240 g/mol. The van der Waals surface area contributed by atoms with E-state index < -0.39 is 0 Å². The molecular formula is C16H20N2. The van der Waals surface area contributed by atoms with Crippen molar-refractivity contribution in [2.45, 2.75) is 38.1 Å². The van der Waals surface area contributed by atoms with Gasteiger partial charge >= 0.3 is 0 Å². The number of benzene rings is 1. The van der Waals surface area contributed by atoms with Crippen LogP contribution in [0.2, 0.25) is 0 Å². The first-order valence-corrected chi connectivity index (χ1v) is 6.84. The number of pyridine rings is 1. The monoisotopic (exact) mass is 240 g/mol. The number of rotatable bonds is 1. The second-order valence-corrected chi connectivity index (χ2v) is 5.65. The Morgan fingerprint density at radius 3 is 2.94 bits per heavy atom. The van der Waals surface area contributed by atoms with Gasteiger partial charge in [0.2, 0.25) is 0 Å². The molecule has 1 aliphatic carbocycles. The van der Waals surface area contributed by atoms with E-state index in [1.54, 1.807) is 0 Å². The summed E-state index contributed by atoms with van der Waals surface area (Å²) in [5, 5.41) is 1.22. The van der Waals surface area contributed by atoms with E-state index in [1.165, 1.54) is 23.8 Å². The van der Waals surface area contributed by atoms with Gasteiger partial charge in [0.25, 0.3) is 0 Å². The van der Waals surface area contributed by atoms with Gasteiger partial charge in [-0.2, -0.15) is 0 Å². The molecule has 2 N–H and O–H groups in total. The smallest absolute Gasteiger partial charge is 0.0702 e. The van der Waals surface area contributed by atoms with Crippen LogP contribution in [0.25, 0.3) is 10.9 Å². The van der Waals surface area contributed by atoms with Crippen molar-refractivity contribution < 1.29 is 0 Å². The molecular weight excluding hydrogens is 220 g/mol. The van der Waals surface area contributed by atoms with Crippen molar-refractivity contribution in [3.05, 3.63) is 42.1 Å². The van der Waals surface area contributed by atoms with Gasteiger partial charge in [-0.25, -0.2) is 0 Å². The van der Waals surface area contributed by atoms with Gasteiger partial charge in [-0.1, -0.05) is 25.1 Å². The first kappa shape index (κ1) is 11.7. The number of para-hydroxylation sites is 1.